The quantitative estimate of drug-likeness (QED) is 0.711. The van der Waals surface area contributed by atoms with E-state index >= 15 is 0 Å². The van der Waals surface area contributed by atoms with Gasteiger partial charge in [0, 0.05) is 12.6 Å². The first kappa shape index (κ1) is 11.7. The highest BCUT2D eigenvalue weighted by atomic mass is 19.4. The van der Waals surface area contributed by atoms with Crippen molar-refractivity contribution in [1.82, 2.24) is 4.90 Å². The smallest absolute Gasteiger partial charge is 0.395 e. The summed E-state index contributed by atoms with van der Waals surface area (Å²) in [7, 11) is 0. The fraction of sp³-hybridized carbons (Fsp3) is 1.00. The van der Waals surface area contributed by atoms with Crippen molar-refractivity contribution in [3.8, 4) is 0 Å². The molecule has 1 aliphatic heterocycles. The second kappa shape index (κ2) is 4.46. The SMILES string of the molecule is OC[C@@H]1CCCN1CC(O)C(F)(F)F. The maximum absolute atomic E-state index is 12.0. The van der Waals surface area contributed by atoms with E-state index in [0.717, 1.165) is 6.42 Å². The minimum Gasteiger partial charge on any atom is -0.395 e. The lowest BCUT2D eigenvalue weighted by atomic mass is 10.2. The average molecular weight is 213 g/mol. The number of halogens is 3. The van der Waals surface area contributed by atoms with Gasteiger partial charge < -0.3 is 10.2 Å². The third kappa shape index (κ3) is 2.83. The number of hydrogen-bond donors (Lipinski definition) is 2. The van der Waals surface area contributed by atoms with Gasteiger partial charge in [-0.2, -0.15) is 13.2 Å². The van der Waals surface area contributed by atoms with Crippen molar-refractivity contribution in [2.45, 2.75) is 31.2 Å². The van der Waals surface area contributed by atoms with Gasteiger partial charge >= 0.3 is 6.18 Å². The maximum Gasteiger partial charge on any atom is 0.415 e. The van der Waals surface area contributed by atoms with Gasteiger partial charge in [-0.3, -0.25) is 4.90 Å². The van der Waals surface area contributed by atoms with E-state index in [0.29, 0.717) is 13.0 Å². The first-order valence-corrected chi connectivity index (χ1v) is 4.55. The summed E-state index contributed by atoms with van der Waals surface area (Å²) in [6.07, 6.45) is -5.41. The zero-order valence-electron chi connectivity index (χ0n) is 7.67. The van der Waals surface area contributed by atoms with Crippen LogP contribution in [0.2, 0.25) is 0 Å². The number of alkyl halides is 3. The highest BCUT2D eigenvalue weighted by molar-refractivity contribution is 4.82. The summed E-state index contributed by atoms with van der Waals surface area (Å²) in [5.41, 5.74) is 0. The van der Waals surface area contributed by atoms with Crippen LogP contribution in [0.1, 0.15) is 12.8 Å². The average Bonchev–Trinajstić information content (AvgIpc) is 2.50. The van der Waals surface area contributed by atoms with E-state index in [9.17, 15) is 13.2 Å². The summed E-state index contributed by atoms with van der Waals surface area (Å²) >= 11 is 0. The van der Waals surface area contributed by atoms with E-state index in [1.165, 1.54) is 4.90 Å². The van der Waals surface area contributed by atoms with Crippen LogP contribution in [0.15, 0.2) is 0 Å². The Morgan fingerprint density at radius 3 is 2.57 bits per heavy atom. The summed E-state index contributed by atoms with van der Waals surface area (Å²) in [6, 6.07) is -0.230. The van der Waals surface area contributed by atoms with Crippen LogP contribution in [0.3, 0.4) is 0 Å². The Morgan fingerprint density at radius 1 is 1.43 bits per heavy atom. The molecule has 0 radical (unpaired) electrons. The van der Waals surface area contributed by atoms with Gasteiger partial charge in [0.15, 0.2) is 6.10 Å². The first-order chi connectivity index (χ1) is 6.45. The number of hydrogen-bond acceptors (Lipinski definition) is 3. The summed E-state index contributed by atoms with van der Waals surface area (Å²) in [5, 5.41) is 17.7. The molecule has 0 saturated carbocycles. The van der Waals surface area contributed by atoms with E-state index < -0.39 is 18.8 Å². The summed E-state index contributed by atoms with van der Waals surface area (Å²) in [5.74, 6) is 0. The lowest BCUT2D eigenvalue weighted by molar-refractivity contribution is -0.208. The van der Waals surface area contributed by atoms with E-state index in [1.54, 1.807) is 0 Å². The summed E-state index contributed by atoms with van der Waals surface area (Å²) in [6.45, 7) is -0.0718. The molecule has 1 rings (SSSR count). The predicted molar refractivity (Wildman–Crippen MR) is 43.7 cm³/mol. The lowest BCUT2D eigenvalue weighted by Gasteiger charge is -2.26. The molecule has 14 heavy (non-hydrogen) atoms. The topological polar surface area (TPSA) is 43.7 Å². The number of aliphatic hydroxyl groups excluding tert-OH is 2. The molecule has 1 saturated heterocycles. The van der Waals surface area contributed by atoms with E-state index in [1.807, 2.05) is 0 Å². The number of rotatable bonds is 3. The number of aliphatic hydroxyl groups is 2. The second-order valence-electron chi connectivity index (χ2n) is 3.53. The molecule has 0 aromatic heterocycles. The Bertz CT molecular complexity index is 186. The van der Waals surface area contributed by atoms with Gasteiger partial charge in [-0.25, -0.2) is 0 Å². The van der Waals surface area contributed by atoms with Crippen LogP contribution in [-0.2, 0) is 0 Å². The Hall–Kier alpha value is -0.330. The first-order valence-electron chi connectivity index (χ1n) is 4.55. The third-order valence-electron chi connectivity index (χ3n) is 2.50. The Balaban J connectivity index is 2.43. The van der Waals surface area contributed by atoms with Gasteiger partial charge in [0.1, 0.15) is 0 Å². The fourth-order valence-electron chi connectivity index (χ4n) is 1.67. The van der Waals surface area contributed by atoms with Gasteiger partial charge in [-0.15, -0.1) is 0 Å². The largest absolute Gasteiger partial charge is 0.415 e. The highest BCUT2D eigenvalue weighted by Crippen LogP contribution is 2.24. The molecule has 1 fully saturated rings. The van der Waals surface area contributed by atoms with E-state index in [4.69, 9.17) is 10.2 Å². The number of β-amino-alcohol motifs (C(OH)–C–C–N with tert-alkyl or cyclic N) is 1. The molecule has 84 valence electrons. The van der Waals surface area contributed by atoms with Crippen LogP contribution in [0.25, 0.3) is 0 Å². The van der Waals surface area contributed by atoms with Gasteiger partial charge in [-0.1, -0.05) is 0 Å². The Kier molecular flexibility index (Phi) is 3.74. The van der Waals surface area contributed by atoms with Crippen molar-refractivity contribution < 1.29 is 23.4 Å². The maximum atomic E-state index is 12.0. The molecule has 3 nitrogen and oxygen atoms in total. The van der Waals surface area contributed by atoms with Crippen LogP contribution in [0.4, 0.5) is 13.2 Å². The molecule has 0 aromatic carbocycles. The van der Waals surface area contributed by atoms with Crippen molar-refractivity contribution in [2.75, 3.05) is 19.7 Å². The van der Waals surface area contributed by atoms with Crippen molar-refractivity contribution in [1.29, 1.82) is 0 Å². The monoisotopic (exact) mass is 213 g/mol. The molecule has 0 bridgehead atoms. The zero-order valence-corrected chi connectivity index (χ0v) is 7.67. The van der Waals surface area contributed by atoms with Crippen molar-refractivity contribution in [3.05, 3.63) is 0 Å². The number of nitrogens with zero attached hydrogens (tertiary/aromatic N) is 1. The van der Waals surface area contributed by atoms with Gasteiger partial charge in [0.05, 0.1) is 6.61 Å². The zero-order chi connectivity index (χ0) is 10.8. The van der Waals surface area contributed by atoms with Crippen LogP contribution in [0.5, 0.6) is 0 Å². The Morgan fingerprint density at radius 2 is 2.07 bits per heavy atom. The van der Waals surface area contributed by atoms with E-state index in [-0.39, 0.29) is 12.6 Å². The van der Waals surface area contributed by atoms with Crippen LogP contribution >= 0.6 is 0 Å². The van der Waals surface area contributed by atoms with Crippen molar-refractivity contribution >= 4 is 0 Å². The van der Waals surface area contributed by atoms with Crippen LogP contribution in [-0.4, -0.2) is 53.1 Å². The molecule has 0 amide bonds. The normalized spacial score (nSPS) is 26.8. The van der Waals surface area contributed by atoms with Crippen LogP contribution < -0.4 is 0 Å². The molecule has 1 heterocycles. The molecule has 1 unspecified atom stereocenters. The van der Waals surface area contributed by atoms with Crippen molar-refractivity contribution in [3.63, 3.8) is 0 Å². The molecule has 2 atom stereocenters. The van der Waals surface area contributed by atoms with Crippen molar-refractivity contribution in [2.24, 2.45) is 0 Å². The molecular weight excluding hydrogens is 199 g/mol. The number of likely N-dealkylation sites (tertiary alicyclic amines) is 1. The standard InChI is InChI=1S/C8H14F3NO2/c9-8(10,11)7(14)4-12-3-1-2-6(12)5-13/h6-7,13-14H,1-5H2/t6-,7?/m0/s1. The highest BCUT2D eigenvalue weighted by Gasteiger charge is 2.40. The Labute approximate surface area is 80.1 Å². The van der Waals surface area contributed by atoms with Gasteiger partial charge in [0.2, 0.25) is 0 Å². The third-order valence-corrected chi connectivity index (χ3v) is 2.50. The summed E-state index contributed by atoms with van der Waals surface area (Å²) < 4.78 is 36.0. The minimum atomic E-state index is -4.57. The molecule has 0 aromatic rings. The van der Waals surface area contributed by atoms with E-state index in [2.05, 4.69) is 0 Å². The molecule has 1 aliphatic rings. The lowest BCUT2D eigenvalue weighted by Crippen LogP contribution is -2.43. The molecule has 2 N–H and O–H groups in total. The summed E-state index contributed by atoms with van der Waals surface area (Å²) in [4.78, 5) is 1.48. The molecule has 0 aliphatic carbocycles. The molecular formula is C8H14F3NO2. The van der Waals surface area contributed by atoms with Crippen LogP contribution in [0, 0.1) is 0 Å². The molecule has 6 heteroatoms. The molecule has 0 spiro atoms. The van der Waals surface area contributed by atoms with Gasteiger partial charge in [0.25, 0.3) is 0 Å². The predicted octanol–water partition coefficient (Wildman–Crippen LogP) is 0.366. The second-order valence-corrected chi connectivity index (χ2v) is 3.53. The van der Waals surface area contributed by atoms with Gasteiger partial charge in [-0.05, 0) is 19.4 Å². The fourth-order valence-corrected chi connectivity index (χ4v) is 1.67. The minimum absolute atomic E-state index is 0.148.